The Labute approximate surface area is 127 Å². The van der Waals surface area contributed by atoms with Crippen LogP contribution in [-0.4, -0.2) is 40.7 Å². The molecule has 0 saturated carbocycles. The first kappa shape index (κ1) is 12.7. The summed E-state index contributed by atoms with van der Waals surface area (Å²) < 4.78 is 0. The number of guanidine groups is 1. The zero-order chi connectivity index (χ0) is 14.9. The van der Waals surface area contributed by atoms with Crippen molar-refractivity contribution in [1.29, 1.82) is 0 Å². The van der Waals surface area contributed by atoms with Gasteiger partial charge in [-0.25, -0.2) is 4.99 Å². The molecule has 3 heterocycles. The summed E-state index contributed by atoms with van der Waals surface area (Å²) >= 11 is 0. The Kier molecular flexibility index (Phi) is 2.93. The first-order chi connectivity index (χ1) is 10.8. The van der Waals surface area contributed by atoms with E-state index in [4.69, 9.17) is 0 Å². The monoisotopic (exact) mass is 291 g/mol. The highest BCUT2D eigenvalue weighted by Crippen LogP contribution is 2.27. The fraction of sp³-hybridized carbons (Fsp3) is 0.125. The Bertz CT molecular complexity index is 797. The maximum Gasteiger partial charge on any atom is 0.259 e. The van der Waals surface area contributed by atoms with Crippen molar-refractivity contribution in [1.82, 2.24) is 15.2 Å². The molecule has 22 heavy (non-hydrogen) atoms. The zero-order valence-electron chi connectivity index (χ0n) is 11.7. The SMILES string of the molecule is O=C(NC1=Nc2ccccc2C2=NCCN12)c1cccnc1. The van der Waals surface area contributed by atoms with Gasteiger partial charge in [0.25, 0.3) is 5.91 Å². The van der Waals surface area contributed by atoms with Crippen molar-refractivity contribution in [2.24, 2.45) is 9.98 Å². The molecule has 0 saturated heterocycles. The van der Waals surface area contributed by atoms with Gasteiger partial charge in [-0.2, -0.15) is 0 Å². The Morgan fingerprint density at radius 3 is 2.95 bits per heavy atom. The third-order valence-electron chi connectivity index (χ3n) is 3.62. The van der Waals surface area contributed by atoms with Gasteiger partial charge in [-0.15, -0.1) is 0 Å². The van der Waals surface area contributed by atoms with Crippen LogP contribution in [0.15, 0.2) is 58.8 Å². The van der Waals surface area contributed by atoms with E-state index >= 15 is 0 Å². The van der Waals surface area contributed by atoms with Crippen LogP contribution in [0, 0.1) is 0 Å². The van der Waals surface area contributed by atoms with Gasteiger partial charge in [0.1, 0.15) is 5.84 Å². The summed E-state index contributed by atoms with van der Waals surface area (Å²) in [4.78, 5) is 27.3. The second-order valence-corrected chi connectivity index (χ2v) is 5.01. The number of aromatic nitrogens is 1. The predicted octanol–water partition coefficient (Wildman–Crippen LogP) is 1.57. The predicted molar refractivity (Wildman–Crippen MR) is 83.4 cm³/mol. The minimum atomic E-state index is -0.225. The van der Waals surface area contributed by atoms with Gasteiger partial charge in [-0.3, -0.25) is 25.0 Å². The number of carbonyl (C=O) groups is 1. The van der Waals surface area contributed by atoms with E-state index in [9.17, 15) is 4.79 Å². The van der Waals surface area contributed by atoms with Gasteiger partial charge in [-0.05, 0) is 24.3 Å². The number of hydrogen-bond acceptors (Lipinski definition) is 5. The molecule has 6 heteroatoms. The van der Waals surface area contributed by atoms with Gasteiger partial charge in [0, 0.05) is 24.5 Å². The molecule has 0 bridgehead atoms. The van der Waals surface area contributed by atoms with Gasteiger partial charge in [-0.1, -0.05) is 12.1 Å². The topological polar surface area (TPSA) is 70.0 Å². The number of aliphatic imine (C=N–C) groups is 2. The van der Waals surface area contributed by atoms with E-state index < -0.39 is 0 Å². The van der Waals surface area contributed by atoms with Crippen LogP contribution in [0.25, 0.3) is 0 Å². The summed E-state index contributed by atoms with van der Waals surface area (Å²) in [5.74, 6) is 1.16. The Morgan fingerprint density at radius 2 is 2.09 bits per heavy atom. The van der Waals surface area contributed by atoms with Crippen molar-refractivity contribution < 1.29 is 4.79 Å². The van der Waals surface area contributed by atoms with Crippen LogP contribution in [0.3, 0.4) is 0 Å². The van der Waals surface area contributed by atoms with Crippen molar-refractivity contribution in [3.63, 3.8) is 0 Å². The summed E-state index contributed by atoms with van der Waals surface area (Å²) in [5.41, 5.74) is 2.32. The van der Waals surface area contributed by atoms with Crippen LogP contribution in [0.1, 0.15) is 15.9 Å². The van der Waals surface area contributed by atoms with E-state index in [0.717, 1.165) is 23.6 Å². The number of hydrogen-bond donors (Lipinski definition) is 1. The second kappa shape index (κ2) is 5.07. The third kappa shape index (κ3) is 2.05. The number of rotatable bonds is 1. The molecule has 0 radical (unpaired) electrons. The van der Waals surface area contributed by atoms with Crippen molar-refractivity contribution in [3.8, 4) is 0 Å². The van der Waals surface area contributed by atoms with Crippen molar-refractivity contribution in [2.75, 3.05) is 13.1 Å². The molecule has 0 atom stereocenters. The highest BCUT2D eigenvalue weighted by Gasteiger charge is 2.30. The maximum absolute atomic E-state index is 12.3. The summed E-state index contributed by atoms with van der Waals surface area (Å²) in [6.07, 6.45) is 3.17. The lowest BCUT2D eigenvalue weighted by molar-refractivity contribution is 0.0973. The number of amidine groups is 1. The normalized spacial score (nSPS) is 15.5. The summed E-state index contributed by atoms with van der Waals surface area (Å²) in [5, 5.41) is 2.86. The highest BCUT2D eigenvalue weighted by molar-refractivity contribution is 6.19. The number of amides is 1. The molecule has 2 aliphatic heterocycles. The van der Waals surface area contributed by atoms with Crippen LogP contribution in [-0.2, 0) is 0 Å². The molecule has 1 aromatic carbocycles. The lowest BCUT2D eigenvalue weighted by atomic mass is 10.1. The molecule has 1 amide bonds. The standard InChI is InChI=1S/C16H13N5O/c22-15(11-4-3-7-17-10-11)20-16-19-13-6-2-1-5-12(13)14-18-8-9-21(14)16/h1-7,10H,8-9H2,(H,19,20,22). The summed E-state index contributed by atoms with van der Waals surface area (Å²) in [6.45, 7) is 1.42. The molecule has 0 spiro atoms. The number of para-hydroxylation sites is 1. The molecule has 0 unspecified atom stereocenters. The first-order valence-corrected chi connectivity index (χ1v) is 7.04. The molecular weight excluding hydrogens is 278 g/mol. The molecule has 0 aliphatic carbocycles. The average Bonchev–Trinajstić information content (AvgIpc) is 3.06. The Morgan fingerprint density at radius 1 is 1.18 bits per heavy atom. The smallest absolute Gasteiger partial charge is 0.259 e. The largest absolute Gasteiger partial charge is 0.294 e. The van der Waals surface area contributed by atoms with Gasteiger partial charge in [0.15, 0.2) is 0 Å². The van der Waals surface area contributed by atoms with E-state index in [1.165, 1.54) is 6.20 Å². The van der Waals surface area contributed by atoms with Crippen LogP contribution in [0.5, 0.6) is 0 Å². The van der Waals surface area contributed by atoms with E-state index in [2.05, 4.69) is 20.3 Å². The van der Waals surface area contributed by atoms with Crippen LogP contribution >= 0.6 is 0 Å². The minimum absolute atomic E-state index is 0.225. The van der Waals surface area contributed by atoms with Crippen LogP contribution < -0.4 is 5.32 Å². The molecule has 2 aliphatic rings. The van der Waals surface area contributed by atoms with Gasteiger partial charge < -0.3 is 0 Å². The van der Waals surface area contributed by atoms with E-state index in [-0.39, 0.29) is 5.91 Å². The number of carbonyl (C=O) groups excluding carboxylic acids is 1. The van der Waals surface area contributed by atoms with Gasteiger partial charge in [0.05, 0.1) is 17.8 Å². The lowest BCUT2D eigenvalue weighted by Gasteiger charge is -2.27. The fourth-order valence-electron chi connectivity index (χ4n) is 2.58. The number of fused-ring (bicyclic) bond motifs is 3. The number of benzene rings is 1. The van der Waals surface area contributed by atoms with Crippen LogP contribution in [0.2, 0.25) is 0 Å². The van der Waals surface area contributed by atoms with Gasteiger partial charge in [0.2, 0.25) is 5.96 Å². The Hall–Kier alpha value is -3.02. The van der Waals surface area contributed by atoms with E-state index in [1.54, 1.807) is 18.3 Å². The van der Waals surface area contributed by atoms with Gasteiger partial charge >= 0.3 is 0 Å². The van der Waals surface area contributed by atoms with E-state index in [0.29, 0.717) is 18.1 Å². The van der Waals surface area contributed by atoms with Crippen LogP contribution in [0.4, 0.5) is 5.69 Å². The Balaban J connectivity index is 1.69. The summed E-state index contributed by atoms with van der Waals surface area (Å²) in [6, 6.07) is 11.3. The first-order valence-electron chi connectivity index (χ1n) is 7.04. The fourth-order valence-corrected chi connectivity index (χ4v) is 2.58. The third-order valence-corrected chi connectivity index (χ3v) is 3.62. The molecule has 4 rings (SSSR count). The molecule has 108 valence electrons. The quantitative estimate of drug-likeness (QED) is 0.867. The molecule has 0 fully saturated rings. The number of nitrogens with one attached hydrogen (secondary N) is 1. The van der Waals surface area contributed by atoms with Crippen molar-refractivity contribution >= 4 is 23.4 Å². The number of nitrogens with zero attached hydrogens (tertiary/aromatic N) is 4. The highest BCUT2D eigenvalue weighted by atomic mass is 16.1. The molecular formula is C16H13N5O. The van der Waals surface area contributed by atoms with Crippen molar-refractivity contribution in [2.45, 2.75) is 0 Å². The van der Waals surface area contributed by atoms with Crippen molar-refractivity contribution in [3.05, 3.63) is 59.9 Å². The maximum atomic E-state index is 12.3. The minimum Gasteiger partial charge on any atom is -0.294 e. The van der Waals surface area contributed by atoms with E-state index in [1.807, 2.05) is 29.2 Å². The second-order valence-electron chi connectivity index (χ2n) is 5.01. The molecule has 1 N–H and O–H groups in total. The average molecular weight is 291 g/mol. The molecule has 2 aromatic rings. The molecule has 6 nitrogen and oxygen atoms in total. The zero-order valence-corrected chi connectivity index (χ0v) is 11.7. The molecule has 1 aromatic heterocycles. The lowest BCUT2D eigenvalue weighted by Crippen LogP contribution is -2.47. The summed E-state index contributed by atoms with van der Waals surface area (Å²) in [7, 11) is 0. The number of pyridine rings is 1.